The van der Waals surface area contributed by atoms with Gasteiger partial charge < -0.3 is 15.3 Å². The van der Waals surface area contributed by atoms with Crippen molar-refractivity contribution in [1.82, 2.24) is 0 Å². The Kier molecular flexibility index (Phi) is 7.69. The van der Waals surface area contributed by atoms with Crippen LogP contribution in [0, 0.1) is 6.92 Å². The lowest BCUT2D eigenvalue weighted by Crippen LogP contribution is -1.66. The summed E-state index contributed by atoms with van der Waals surface area (Å²) in [6, 6.07) is 24.6. The number of hydrogen-bond acceptors (Lipinski definition) is 3. The molecule has 0 unspecified atom stereocenters. The minimum atomic E-state index is 0.322. The molecular weight excluding hydrogens is 276 g/mol. The summed E-state index contributed by atoms with van der Waals surface area (Å²) in [7, 11) is 0. The SMILES string of the molecule is Cc1cccc(O)c1.Oc1ccccc1.Oc1ccccc1. The van der Waals surface area contributed by atoms with Crippen molar-refractivity contribution in [2.24, 2.45) is 0 Å². The van der Waals surface area contributed by atoms with E-state index >= 15 is 0 Å². The molecule has 0 saturated heterocycles. The zero-order valence-electron chi connectivity index (χ0n) is 12.4. The van der Waals surface area contributed by atoms with Gasteiger partial charge in [-0.3, -0.25) is 0 Å². The van der Waals surface area contributed by atoms with Crippen molar-refractivity contribution in [1.29, 1.82) is 0 Å². The van der Waals surface area contributed by atoms with Gasteiger partial charge >= 0.3 is 0 Å². The first-order chi connectivity index (χ1) is 10.6. The van der Waals surface area contributed by atoms with Crippen LogP contribution in [-0.2, 0) is 0 Å². The number of phenols is 3. The molecule has 0 aliphatic heterocycles. The molecule has 3 heteroatoms. The lowest BCUT2D eigenvalue weighted by Gasteiger charge is -1.89. The fourth-order valence-electron chi connectivity index (χ4n) is 1.48. The molecule has 0 amide bonds. The van der Waals surface area contributed by atoms with Gasteiger partial charge in [0, 0.05) is 0 Å². The van der Waals surface area contributed by atoms with E-state index in [1.807, 2.05) is 31.2 Å². The molecule has 0 radical (unpaired) electrons. The van der Waals surface area contributed by atoms with Crippen molar-refractivity contribution in [3.05, 3.63) is 90.5 Å². The van der Waals surface area contributed by atoms with Gasteiger partial charge in [-0.2, -0.15) is 0 Å². The molecule has 0 fully saturated rings. The van der Waals surface area contributed by atoms with Crippen molar-refractivity contribution in [2.75, 3.05) is 0 Å². The maximum absolute atomic E-state index is 8.81. The molecule has 22 heavy (non-hydrogen) atoms. The van der Waals surface area contributed by atoms with Gasteiger partial charge in [-0.1, -0.05) is 48.5 Å². The second-order valence-electron chi connectivity index (χ2n) is 4.51. The smallest absolute Gasteiger partial charge is 0.115 e. The molecule has 0 aliphatic carbocycles. The number of para-hydroxylation sites is 2. The molecule has 0 atom stereocenters. The summed E-state index contributed by atoms with van der Waals surface area (Å²) in [6.45, 7) is 1.94. The summed E-state index contributed by atoms with van der Waals surface area (Å²) < 4.78 is 0. The molecular formula is C19H20O3. The van der Waals surface area contributed by atoms with Crippen LogP contribution >= 0.6 is 0 Å². The summed E-state index contributed by atoms with van der Waals surface area (Å²) >= 11 is 0. The van der Waals surface area contributed by atoms with E-state index in [1.165, 1.54) is 0 Å². The Morgan fingerprint density at radius 1 is 0.500 bits per heavy atom. The standard InChI is InChI=1S/C7H8O.2C6H6O/c1-6-3-2-4-7(8)5-6;2*7-6-4-2-1-3-5-6/h2-5,8H,1H3;2*1-5,7H. The van der Waals surface area contributed by atoms with E-state index in [1.54, 1.807) is 60.7 Å². The highest BCUT2D eigenvalue weighted by atomic mass is 16.3. The first-order valence-electron chi connectivity index (χ1n) is 6.81. The number of benzene rings is 3. The molecule has 3 aromatic carbocycles. The second-order valence-corrected chi connectivity index (χ2v) is 4.51. The van der Waals surface area contributed by atoms with Crippen LogP contribution in [-0.4, -0.2) is 15.3 Å². The number of rotatable bonds is 0. The minimum absolute atomic E-state index is 0.322. The molecule has 0 bridgehead atoms. The highest BCUT2D eigenvalue weighted by Gasteiger charge is 1.83. The van der Waals surface area contributed by atoms with Crippen LogP contribution in [0.4, 0.5) is 0 Å². The van der Waals surface area contributed by atoms with Crippen LogP contribution in [0.3, 0.4) is 0 Å². The quantitative estimate of drug-likeness (QED) is 0.573. The zero-order chi connectivity index (χ0) is 16.2. The average Bonchev–Trinajstić information content (AvgIpc) is 2.50. The van der Waals surface area contributed by atoms with Crippen LogP contribution in [0.2, 0.25) is 0 Å². The lowest BCUT2D eigenvalue weighted by molar-refractivity contribution is 0.474. The Bertz CT molecular complexity index is 582. The van der Waals surface area contributed by atoms with Crippen molar-refractivity contribution >= 4 is 0 Å². The highest BCUT2D eigenvalue weighted by molar-refractivity contribution is 5.25. The molecule has 3 nitrogen and oxygen atoms in total. The number of hydrogen-bond donors (Lipinski definition) is 3. The van der Waals surface area contributed by atoms with E-state index in [4.69, 9.17) is 15.3 Å². The molecule has 0 saturated carbocycles. The monoisotopic (exact) mass is 296 g/mol. The van der Waals surface area contributed by atoms with Gasteiger partial charge in [0.15, 0.2) is 0 Å². The lowest BCUT2D eigenvalue weighted by atomic mass is 10.2. The summed E-state index contributed by atoms with van der Waals surface area (Å²) in [5.41, 5.74) is 1.09. The van der Waals surface area contributed by atoms with Gasteiger partial charge in [-0.25, -0.2) is 0 Å². The third-order valence-electron chi connectivity index (χ3n) is 2.51. The van der Waals surface area contributed by atoms with Crippen molar-refractivity contribution in [2.45, 2.75) is 6.92 Å². The van der Waals surface area contributed by atoms with E-state index in [0.29, 0.717) is 17.2 Å². The molecule has 0 heterocycles. The first-order valence-corrected chi connectivity index (χ1v) is 6.81. The molecule has 114 valence electrons. The largest absolute Gasteiger partial charge is 0.508 e. The maximum Gasteiger partial charge on any atom is 0.115 e. The summed E-state index contributed by atoms with van der Waals surface area (Å²) in [6.07, 6.45) is 0. The number of aryl methyl sites for hydroxylation is 1. The van der Waals surface area contributed by atoms with Crippen LogP contribution in [0.1, 0.15) is 5.56 Å². The topological polar surface area (TPSA) is 60.7 Å². The van der Waals surface area contributed by atoms with E-state index in [2.05, 4.69) is 0 Å². The fourth-order valence-corrected chi connectivity index (χ4v) is 1.48. The molecule has 0 spiro atoms. The van der Waals surface area contributed by atoms with Gasteiger partial charge in [0.25, 0.3) is 0 Å². The van der Waals surface area contributed by atoms with Gasteiger partial charge in [0.1, 0.15) is 17.2 Å². The van der Waals surface area contributed by atoms with Crippen molar-refractivity contribution in [3.8, 4) is 17.2 Å². The predicted molar refractivity (Wildman–Crippen MR) is 89.1 cm³/mol. The van der Waals surface area contributed by atoms with E-state index in [9.17, 15) is 0 Å². The van der Waals surface area contributed by atoms with E-state index in [-0.39, 0.29) is 0 Å². The molecule has 0 aromatic heterocycles. The van der Waals surface area contributed by atoms with Gasteiger partial charge in [-0.05, 0) is 48.9 Å². The van der Waals surface area contributed by atoms with Gasteiger partial charge in [-0.15, -0.1) is 0 Å². The van der Waals surface area contributed by atoms with E-state index < -0.39 is 0 Å². The van der Waals surface area contributed by atoms with Crippen molar-refractivity contribution < 1.29 is 15.3 Å². The van der Waals surface area contributed by atoms with Crippen LogP contribution in [0.15, 0.2) is 84.9 Å². The Labute approximate surface area is 130 Å². The summed E-state index contributed by atoms with van der Waals surface area (Å²) in [5.74, 6) is 0.981. The Hall–Kier alpha value is -2.94. The Morgan fingerprint density at radius 2 is 0.909 bits per heavy atom. The number of aromatic hydroxyl groups is 3. The third kappa shape index (κ3) is 8.27. The van der Waals surface area contributed by atoms with Crippen LogP contribution < -0.4 is 0 Å². The molecule has 3 rings (SSSR count). The third-order valence-corrected chi connectivity index (χ3v) is 2.51. The first kappa shape index (κ1) is 17.1. The Balaban J connectivity index is 0.000000166. The maximum atomic E-state index is 8.81. The minimum Gasteiger partial charge on any atom is -0.508 e. The zero-order valence-corrected chi connectivity index (χ0v) is 12.4. The van der Waals surface area contributed by atoms with Crippen LogP contribution in [0.25, 0.3) is 0 Å². The highest BCUT2D eigenvalue weighted by Crippen LogP contribution is 2.08. The molecule has 3 aromatic rings. The number of phenolic OH excluding ortho intramolecular Hbond substituents is 3. The summed E-state index contributed by atoms with van der Waals surface area (Å²) in [5, 5.41) is 26.1. The van der Waals surface area contributed by atoms with Gasteiger partial charge in [0.05, 0.1) is 0 Å². The van der Waals surface area contributed by atoms with Crippen molar-refractivity contribution in [3.63, 3.8) is 0 Å². The second kappa shape index (κ2) is 9.88. The average molecular weight is 296 g/mol. The predicted octanol–water partition coefficient (Wildman–Crippen LogP) is 4.49. The molecule has 3 N–H and O–H groups in total. The summed E-state index contributed by atoms with van der Waals surface area (Å²) in [4.78, 5) is 0. The van der Waals surface area contributed by atoms with Crippen LogP contribution in [0.5, 0.6) is 17.2 Å². The normalized spacial score (nSPS) is 8.77. The Morgan fingerprint density at radius 3 is 1.14 bits per heavy atom. The molecule has 0 aliphatic rings. The van der Waals surface area contributed by atoms with E-state index in [0.717, 1.165) is 5.56 Å². The van der Waals surface area contributed by atoms with Gasteiger partial charge in [0.2, 0.25) is 0 Å². The fraction of sp³-hybridized carbons (Fsp3) is 0.0526.